The van der Waals surface area contributed by atoms with Gasteiger partial charge in [0.05, 0.1) is 10.0 Å². The van der Waals surface area contributed by atoms with Crippen molar-refractivity contribution in [2.45, 2.75) is 0 Å². The summed E-state index contributed by atoms with van der Waals surface area (Å²) in [5, 5.41) is 0. The zero-order valence-electron chi connectivity index (χ0n) is 12.3. The highest BCUT2D eigenvalue weighted by Crippen LogP contribution is 2.26. The fraction of sp³-hybridized carbons (Fsp3) is 0.111. The fourth-order valence-electron chi connectivity index (χ4n) is 1.82. The number of rotatable bonds is 7. The second-order valence-electron chi connectivity index (χ2n) is 4.61. The monoisotopic (exact) mass is 374 g/mol. The van der Waals surface area contributed by atoms with Gasteiger partial charge in [0.25, 0.3) is 0 Å². The Morgan fingerprint density at radius 3 is 2.48 bits per heavy atom. The van der Waals surface area contributed by atoms with E-state index in [1.54, 1.807) is 48.5 Å². The van der Waals surface area contributed by atoms with E-state index < -0.39 is 5.97 Å². The molecule has 0 aromatic heterocycles. The lowest BCUT2D eigenvalue weighted by Gasteiger charge is -2.08. The Morgan fingerprint density at radius 1 is 1.09 bits per heavy atom. The molecule has 0 N–H and O–H groups in total. The van der Waals surface area contributed by atoms with E-state index in [1.165, 1.54) is 0 Å². The SMILES string of the molecule is C=CCOc1ccc(C(=O)OCC(=O)c2ccccc2)cc1Br. The number of hydrogen-bond donors (Lipinski definition) is 0. The molecular weight excluding hydrogens is 360 g/mol. The van der Waals surface area contributed by atoms with Crippen LogP contribution in [0.4, 0.5) is 0 Å². The van der Waals surface area contributed by atoms with Gasteiger partial charge in [0.15, 0.2) is 12.4 Å². The highest BCUT2D eigenvalue weighted by Gasteiger charge is 2.13. The molecule has 0 atom stereocenters. The summed E-state index contributed by atoms with van der Waals surface area (Å²) >= 11 is 3.33. The predicted molar refractivity (Wildman–Crippen MR) is 90.9 cm³/mol. The van der Waals surface area contributed by atoms with Crippen molar-refractivity contribution in [1.29, 1.82) is 0 Å². The average molecular weight is 375 g/mol. The third-order valence-corrected chi connectivity index (χ3v) is 3.57. The van der Waals surface area contributed by atoms with E-state index in [9.17, 15) is 9.59 Å². The molecule has 5 heteroatoms. The van der Waals surface area contributed by atoms with E-state index in [4.69, 9.17) is 9.47 Å². The van der Waals surface area contributed by atoms with Gasteiger partial charge in [-0.25, -0.2) is 4.79 Å². The average Bonchev–Trinajstić information content (AvgIpc) is 2.59. The molecule has 23 heavy (non-hydrogen) atoms. The third kappa shape index (κ3) is 4.79. The number of benzene rings is 2. The molecule has 0 aliphatic carbocycles. The fourth-order valence-corrected chi connectivity index (χ4v) is 2.31. The van der Waals surface area contributed by atoms with E-state index in [1.807, 2.05) is 6.07 Å². The van der Waals surface area contributed by atoms with Gasteiger partial charge in [0.2, 0.25) is 0 Å². The molecule has 2 aromatic rings. The van der Waals surface area contributed by atoms with Crippen molar-refractivity contribution in [1.82, 2.24) is 0 Å². The minimum absolute atomic E-state index is 0.246. The van der Waals surface area contributed by atoms with Crippen LogP contribution in [-0.2, 0) is 4.74 Å². The molecule has 0 aliphatic rings. The Morgan fingerprint density at radius 2 is 1.83 bits per heavy atom. The van der Waals surface area contributed by atoms with Gasteiger partial charge >= 0.3 is 5.97 Å². The van der Waals surface area contributed by atoms with Gasteiger partial charge in [-0.3, -0.25) is 4.79 Å². The summed E-state index contributed by atoms with van der Waals surface area (Å²) < 4.78 is 11.1. The third-order valence-electron chi connectivity index (χ3n) is 2.95. The van der Waals surface area contributed by atoms with E-state index in [2.05, 4.69) is 22.5 Å². The van der Waals surface area contributed by atoms with E-state index in [0.29, 0.717) is 28.0 Å². The highest BCUT2D eigenvalue weighted by molar-refractivity contribution is 9.10. The quantitative estimate of drug-likeness (QED) is 0.416. The molecule has 0 amide bonds. The van der Waals surface area contributed by atoms with E-state index in [-0.39, 0.29) is 12.4 Å². The largest absolute Gasteiger partial charge is 0.488 e. The van der Waals surface area contributed by atoms with Crippen LogP contribution in [0.15, 0.2) is 65.7 Å². The summed E-state index contributed by atoms with van der Waals surface area (Å²) in [6.07, 6.45) is 1.63. The molecule has 0 saturated heterocycles. The number of halogens is 1. The summed E-state index contributed by atoms with van der Waals surface area (Å²) in [6.45, 7) is 3.64. The van der Waals surface area contributed by atoms with Gasteiger partial charge in [-0.1, -0.05) is 43.0 Å². The number of carbonyl (C=O) groups excluding carboxylic acids is 2. The minimum Gasteiger partial charge on any atom is -0.488 e. The van der Waals surface area contributed by atoms with Crippen molar-refractivity contribution >= 4 is 27.7 Å². The first-order valence-electron chi connectivity index (χ1n) is 6.90. The zero-order chi connectivity index (χ0) is 16.7. The van der Waals surface area contributed by atoms with Crippen LogP contribution >= 0.6 is 15.9 Å². The molecule has 2 aromatic carbocycles. The second-order valence-corrected chi connectivity index (χ2v) is 5.46. The van der Waals surface area contributed by atoms with Crippen molar-refractivity contribution < 1.29 is 19.1 Å². The lowest BCUT2D eigenvalue weighted by atomic mass is 10.1. The van der Waals surface area contributed by atoms with Crippen LogP contribution in [0.25, 0.3) is 0 Å². The molecule has 4 nitrogen and oxygen atoms in total. The molecule has 0 radical (unpaired) electrons. The standard InChI is InChI=1S/C18H15BrO4/c1-2-10-22-17-9-8-14(11-15(17)19)18(21)23-12-16(20)13-6-4-3-5-7-13/h2-9,11H,1,10,12H2. The first-order chi connectivity index (χ1) is 11.1. The second kappa shape index (κ2) is 8.29. The van der Waals surface area contributed by atoms with Crippen LogP contribution < -0.4 is 4.74 Å². The van der Waals surface area contributed by atoms with Gasteiger partial charge in [0.1, 0.15) is 12.4 Å². The summed E-state index contributed by atoms with van der Waals surface area (Å²) in [5.41, 5.74) is 0.846. The molecule has 0 unspecified atom stereocenters. The minimum atomic E-state index is -0.565. The summed E-state index contributed by atoms with van der Waals surface area (Å²) in [6, 6.07) is 13.5. The lowest BCUT2D eigenvalue weighted by molar-refractivity contribution is 0.0474. The summed E-state index contributed by atoms with van der Waals surface area (Å²) in [4.78, 5) is 23.9. The van der Waals surface area contributed by atoms with Crippen LogP contribution in [-0.4, -0.2) is 25.0 Å². The smallest absolute Gasteiger partial charge is 0.338 e. The Balaban J connectivity index is 1.97. The van der Waals surface area contributed by atoms with Crippen molar-refractivity contribution in [3.8, 4) is 5.75 Å². The topological polar surface area (TPSA) is 52.6 Å². The van der Waals surface area contributed by atoms with Crippen LogP contribution in [0.3, 0.4) is 0 Å². The Labute approximate surface area is 142 Å². The molecule has 0 spiro atoms. The van der Waals surface area contributed by atoms with Gasteiger partial charge in [-0.05, 0) is 34.1 Å². The molecular formula is C18H15BrO4. The maximum absolute atomic E-state index is 12.0. The first kappa shape index (κ1) is 17.0. The van der Waals surface area contributed by atoms with E-state index >= 15 is 0 Å². The van der Waals surface area contributed by atoms with Gasteiger partial charge in [-0.2, -0.15) is 0 Å². The maximum atomic E-state index is 12.0. The lowest BCUT2D eigenvalue weighted by Crippen LogP contribution is -2.14. The van der Waals surface area contributed by atoms with Crippen LogP contribution in [0, 0.1) is 0 Å². The number of carbonyl (C=O) groups is 2. The zero-order valence-corrected chi connectivity index (χ0v) is 13.9. The molecule has 0 fully saturated rings. The van der Waals surface area contributed by atoms with Gasteiger partial charge in [0, 0.05) is 5.56 Å². The number of ether oxygens (including phenoxy) is 2. The van der Waals surface area contributed by atoms with Crippen LogP contribution in [0.2, 0.25) is 0 Å². The van der Waals surface area contributed by atoms with Crippen molar-refractivity contribution in [2.75, 3.05) is 13.2 Å². The molecule has 118 valence electrons. The molecule has 0 bridgehead atoms. The molecule has 2 rings (SSSR count). The molecule has 0 heterocycles. The Kier molecular flexibility index (Phi) is 6.11. The van der Waals surface area contributed by atoms with Crippen LogP contribution in [0.1, 0.15) is 20.7 Å². The number of Topliss-reactive ketones (excluding diaryl/α,β-unsaturated/α-hetero) is 1. The predicted octanol–water partition coefficient (Wildman–Crippen LogP) is 4.05. The Bertz CT molecular complexity index is 710. The van der Waals surface area contributed by atoms with Crippen molar-refractivity contribution in [3.05, 3.63) is 76.8 Å². The van der Waals surface area contributed by atoms with Crippen molar-refractivity contribution in [3.63, 3.8) is 0 Å². The molecule has 0 saturated carbocycles. The van der Waals surface area contributed by atoms with Crippen LogP contribution in [0.5, 0.6) is 5.75 Å². The Hall–Kier alpha value is -2.40. The number of hydrogen-bond acceptors (Lipinski definition) is 4. The molecule has 0 aliphatic heterocycles. The maximum Gasteiger partial charge on any atom is 0.338 e. The van der Waals surface area contributed by atoms with E-state index in [0.717, 1.165) is 0 Å². The summed E-state index contributed by atoms with van der Waals surface area (Å²) in [7, 11) is 0. The number of esters is 1. The van der Waals surface area contributed by atoms with Gasteiger partial charge < -0.3 is 9.47 Å². The first-order valence-corrected chi connectivity index (χ1v) is 7.69. The summed E-state index contributed by atoms with van der Waals surface area (Å²) in [5.74, 6) is -0.212. The van der Waals surface area contributed by atoms with Crippen molar-refractivity contribution in [2.24, 2.45) is 0 Å². The van der Waals surface area contributed by atoms with Gasteiger partial charge in [-0.15, -0.1) is 0 Å². The normalized spacial score (nSPS) is 9.96. The highest BCUT2D eigenvalue weighted by atomic mass is 79.9. The number of ketones is 1.